The van der Waals surface area contributed by atoms with Gasteiger partial charge in [0, 0.05) is 32.1 Å². The Bertz CT molecular complexity index is 1130. The molecule has 5 heterocycles. The highest BCUT2D eigenvalue weighted by atomic mass is 19.4. The second-order valence-electron chi connectivity index (χ2n) is 8.33. The van der Waals surface area contributed by atoms with Gasteiger partial charge in [0.25, 0.3) is 5.82 Å². The number of amides is 1. The SMILES string of the molecule is O=C(Nc1ccc(N2CCCC2)nc1)C1CCN(c2ccc3nnc(C(F)(F)F)n3n2)CC1. The molecule has 0 spiro atoms. The predicted molar refractivity (Wildman–Crippen MR) is 115 cm³/mol. The van der Waals surface area contributed by atoms with Gasteiger partial charge >= 0.3 is 6.18 Å². The Hall–Kier alpha value is -3.44. The van der Waals surface area contributed by atoms with Gasteiger partial charge in [0.05, 0.1) is 11.9 Å². The van der Waals surface area contributed by atoms with Crippen LogP contribution in [0.15, 0.2) is 30.5 Å². The van der Waals surface area contributed by atoms with Crippen LogP contribution in [0.5, 0.6) is 0 Å². The number of fused-ring (bicyclic) bond motifs is 1. The Balaban J connectivity index is 1.20. The molecule has 2 fully saturated rings. The van der Waals surface area contributed by atoms with E-state index in [1.807, 2.05) is 17.0 Å². The van der Waals surface area contributed by atoms with Crippen LogP contribution in [0.25, 0.3) is 5.65 Å². The zero-order valence-corrected chi connectivity index (χ0v) is 17.8. The molecule has 0 unspecified atom stereocenters. The molecule has 3 aromatic rings. The summed E-state index contributed by atoms with van der Waals surface area (Å²) < 4.78 is 40.1. The molecule has 5 rings (SSSR count). The number of carbonyl (C=O) groups is 1. The lowest BCUT2D eigenvalue weighted by Crippen LogP contribution is -2.38. The maximum absolute atomic E-state index is 13.1. The third-order valence-corrected chi connectivity index (χ3v) is 6.14. The van der Waals surface area contributed by atoms with Gasteiger partial charge in [-0.25, -0.2) is 4.98 Å². The van der Waals surface area contributed by atoms with Crippen LogP contribution >= 0.6 is 0 Å². The van der Waals surface area contributed by atoms with Crippen molar-refractivity contribution in [2.75, 3.05) is 41.3 Å². The number of anilines is 3. The van der Waals surface area contributed by atoms with Crippen LogP contribution in [0.4, 0.5) is 30.5 Å². The van der Waals surface area contributed by atoms with Crippen molar-refractivity contribution in [1.29, 1.82) is 0 Å². The Morgan fingerprint density at radius 1 is 0.939 bits per heavy atom. The minimum absolute atomic E-state index is 0.0321. The van der Waals surface area contributed by atoms with Crippen molar-refractivity contribution in [3.63, 3.8) is 0 Å². The number of piperidine rings is 1. The van der Waals surface area contributed by atoms with Crippen molar-refractivity contribution in [1.82, 2.24) is 24.8 Å². The predicted octanol–water partition coefficient (Wildman–Crippen LogP) is 2.99. The van der Waals surface area contributed by atoms with Gasteiger partial charge in [0.15, 0.2) is 5.65 Å². The van der Waals surface area contributed by atoms with Crippen LogP contribution < -0.4 is 15.1 Å². The van der Waals surface area contributed by atoms with Crippen LogP contribution in [0, 0.1) is 5.92 Å². The molecule has 9 nitrogen and oxygen atoms in total. The second-order valence-corrected chi connectivity index (χ2v) is 8.33. The van der Waals surface area contributed by atoms with Crippen molar-refractivity contribution in [3.05, 3.63) is 36.3 Å². The van der Waals surface area contributed by atoms with E-state index in [1.54, 1.807) is 12.3 Å². The lowest BCUT2D eigenvalue weighted by atomic mass is 9.96. The molecule has 174 valence electrons. The average Bonchev–Trinajstić information content (AvgIpc) is 3.49. The second kappa shape index (κ2) is 8.49. The first-order chi connectivity index (χ1) is 15.9. The van der Waals surface area contributed by atoms with E-state index in [-0.39, 0.29) is 17.5 Å². The van der Waals surface area contributed by atoms with Crippen molar-refractivity contribution in [2.45, 2.75) is 31.9 Å². The number of halogens is 3. The fourth-order valence-corrected chi connectivity index (χ4v) is 4.33. The van der Waals surface area contributed by atoms with Crippen LogP contribution in [0.3, 0.4) is 0 Å². The molecule has 0 aromatic carbocycles. The number of hydrogen-bond donors (Lipinski definition) is 1. The Morgan fingerprint density at radius 2 is 1.64 bits per heavy atom. The zero-order valence-electron chi connectivity index (χ0n) is 17.8. The summed E-state index contributed by atoms with van der Waals surface area (Å²) in [7, 11) is 0. The highest BCUT2D eigenvalue weighted by Crippen LogP contribution is 2.29. The van der Waals surface area contributed by atoms with E-state index in [2.05, 4.69) is 30.5 Å². The monoisotopic (exact) mass is 460 g/mol. The number of carbonyl (C=O) groups excluding carboxylic acids is 1. The van der Waals surface area contributed by atoms with E-state index in [1.165, 1.54) is 18.9 Å². The van der Waals surface area contributed by atoms with E-state index < -0.39 is 12.0 Å². The fourth-order valence-electron chi connectivity index (χ4n) is 4.33. The van der Waals surface area contributed by atoms with Gasteiger partial charge in [0.2, 0.25) is 5.91 Å². The number of alkyl halides is 3. The molecule has 0 saturated carbocycles. The molecular formula is C21H23F3N8O. The maximum atomic E-state index is 13.1. The van der Waals surface area contributed by atoms with Crippen molar-refractivity contribution >= 4 is 28.9 Å². The highest BCUT2D eigenvalue weighted by Gasteiger charge is 2.38. The first-order valence-electron chi connectivity index (χ1n) is 10.9. The molecule has 0 aliphatic carbocycles. The molecule has 0 bridgehead atoms. The molecule has 1 amide bonds. The summed E-state index contributed by atoms with van der Waals surface area (Å²) >= 11 is 0. The Labute approximate surface area is 187 Å². The minimum Gasteiger partial charge on any atom is -0.357 e. The zero-order chi connectivity index (χ0) is 23.0. The van der Waals surface area contributed by atoms with Gasteiger partial charge < -0.3 is 15.1 Å². The van der Waals surface area contributed by atoms with E-state index in [0.717, 1.165) is 18.9 Å². The highest BCUT2D eigenvalue weighted by molar-refractivity contribution is 5.92. The molecule has 1 N–H and O–H groups in total. The first-order valence-corrected chi connectivity index (χ1v) is 10.9. The minimum atomic E-state index is -4.64. The smallest absolute Gasteiger partial charge is 0.357 e. The summed E-state index contributed by atoms with van der Waals surface area (Å²) in [6.45, 7) is 3.03. The lowest BCUT2D eigenvalue weighted by molar-refractivity contribution is -0.146. The van der Waals surface area contributed by atoms with E-state index in [4.69, 9.17) is 0 Å². The van der Waals surface area contributed by atoms with Crippen molar-refractivity contribution < 1.29 is 18.0 Å². The number of aromatic nitrogens is 5. The van der Waals surface area contributed by atoms with E-state index >= 15 is 0 Å². The van der Waals surface area contributed by atoms with Crippen LogP contribution in [0.1, 0.15) is 31.5 Å². The van der Waals surface area contributed by atoms with Gasteiger partial charge in [-0.3, -0.25) is 4.79 Å². The summed E-state index contributed by atoms with van der Waals surface area (Å²) in [5.41, 5.74) is 0.689. The van der Waals surface area contributed by atoms with Crippen LogP contribution in [-0.2, 0) is 11.0 Å². The number of rotatable bonds is 4. The quantitative estimate of drug-likeness (QED) is 0.640. The molecular weight excluding hydrogens is 437 g/mol. The molecule has 12 heteroatoms. The molecule has 33 heavy (non-hydrogen) atoms. The summed E-state index contributed by atoms with van der Waals surface area (Å²) in [6.07, 6.45) is 0.517. The first kappa shape index (κ1) is 21.4. The number of pyridine rings is 1. The third kappa shape index (κ3) is 4.41. The number of hydrogen-bond acceptors (Lipinski definition) is 7. The van der Waals surface area contributed by atoms with Crippen LogP contribution in [0.2, 0.25) is 0 Å². The van der Waals surface area contributed by atoms with E-state index in [9.17, 15) is 18.0 Å². The summed E-state index contributed by atoms with van der Waals surface area (Å²) in [5.74, 6) is -0.104. The maximum Gasteiger partial charge on any atom is 0.453 e. The molecule has 2 saturated heterocycles. The van der Waals surface area contributed by atoms with Gasteiger partial charge in [-0.05, 0) is 49.9 Å². The molecule has 2 aliphatic rings. The van der Waals surface area contributed by atoms with Crippen LogP contribution in [-0.4, -0.2) is 56.9 Å². The van der Waals surface area contributed by atoms with Gasteiger partial charge in [-0.15, -0.1) is 15.3 Å². The molecule has 3 aromatic heterocycles. The fraction of sp³-hybridized carbons (Fsp3) is 0.476. The average molecular weight is 460 g/mol. The molecule has 2 aliphatic heterocycles. The Morgan fingerprint density at radius 3 is 2.30 bits per heavy atom. The van der Waals surface area contributed by atoms with Gasteiger partial charge in [-0.2, -0.15) is 17.7 Å². The van der Waals surface area contributed by atoms with Gasteiger partial charge in [-0.1, -0.05) is 0 Å². The lowest BCUT2D eigenvalue weighted by Gasteiger charge is -2.32. The van der Waals surface area contributed by atoms with Crippen molar-refractivity contribution in [2.24, 2.45) is 5.92 Å². The largest absolute Gasteiger partial charge is 0.453 e. The van der Waals surface area contributed by atoms with Crippen molar-refractivity contribution in [3.8, 4) is 0 Å². The number of nitrogens with one attached hydrogen (secondary N) is 1. The summed E-state index contributed by atoms with van der Waals surface area (Å²) in [6, 6.07) is 6.87. The molecule has 0 atom stereocenters. The topological polar surface area (TPSA) is 91.5 Å². The molecule has 0 radical (unpaired) electrons. The summed E-state index contributed by atoms with van der Waals surface area (Å²) in [4.78, 5) is 21.3. The third-order valence-electron chi connectivity index (χ3n) is 6.14. The Kier molecular flexibility index (Phi) is 5.51. The van der Waals surface area contributed by atoms with E-state index in [0.29, 0.717) is 42.0 Å². The van der Waals surface area contributed by atoms with Gasteiger partial charge in [0.1, 0.15) is 11.6 Å². The normalized spacial score (nSPS) is 17.7. The summed E-state index contributed by atoms with van der Waals surface area (Å²) in [5, 5.41) is 13.7. The standard InChI is InChI=1S/C21H23F3N8O/c22-21(23,24)20-28-27-17-5-6-18(29-32(17)20)31-11-7-14(8-12-31)19(33)26-15-3-4-16(25-13-15)30-9-1-2-10-30/h3-6,13-14H,1-2,7-12H2,(H,26,33). The number of nitrogens with zero attached hydrogens (tertiary/aromatic N) is 7.